The van der Waals surface area contributed by atoms with Crippen LogP contribution in [0.1, 0.15) is 18.9 Å². The molecule has 0 bridgehead atoms. The summed E-state index contributed by atoms with van der Waals surface area (Å²) in [6.07, 6.45) is 4.11. The Morgan fingerprint density at radius 2 is 1.92 bits per heavy atom. The first-order valence-corrected chi connectivity index (χ1v) is 9.33. The predicted octanol–water partition coefficient (Wildman–Crippen LogP) is 3.18. The molecule has 0 spiro atoms. The van der Waals surface area contributed by atoms with Crippen molar-refractivity contribution in [3.8, 4) is 11.4 Å². The third-order valence-electron chi connectivity index (χ3n) is 4.21. The Hall–Kier alpha value is -2.67. The average Bonchev–Trinajstić information content (AvgIpc) is 3.19. The number of aromatic nitrogens is 4. The average molecular weight is 366 g/mol. The number of thioether (sulfide) groups is 1. The van der Waals surface area contributed by atoms with Gasteiger partial charge in [-0.3, -0.25) is 14.3 Å². The zero-order valence-corrected chi connectivity index (χ0v) is 15.1. The van der Waals surface area contributed by atoms with Gasteiger partial charge in [-0.25, -0.2) is 0 Å². The number of nitrogens with zero attached hydrogens (tertiary/aromatic N) is 4. The number of pyridine rings is 1. The summed E-state index contributed by atoms with van der Waals surface area (Å²) in [5.41, 5.74) is 2.09. The summed E-state index contributed by atoms with van der Waals surface area (Å²) in [6, 6.07) is 14.0. The first kappa shape index (κ1) is 16.8. The minimum Gasteiger partial charge on any atom is -0.462 e. The Morgan fingerprint density at radius 3 is 2.62 bits per heavy atom. The molecule has 0 aliphatic carbocycles. The molecular formula is C19H18N4O2S. The minimum atomic E-state index is -0.242. The Bertz CT molecular complexity index is 898. The lowest BCUT2D eigenvalue weighted by Crippen LogP contribution is -2.12. The van der Waals surface area contributed by atoms with E-state index in [1.54, 1.807) is 12.4 Å². The van der Waals surface area contributed by atoms with Gasteiger partial charge in [-0.05, 0) is 24.6 Å². The summed E-state index contributed by atoms with van der Waals surface area (Å²) in [7, 11) is 0. The van der Waals surface area contributed by atoms with Crippen molar-refractivity contribution >= 4 is 17.7 Å². The summed E-state index contributed by atoms with van der Waals surface area (Å²) in [5.74, 6) is 0.584. The summed E-state index contributed by atoms with van der Waals surface area (Å²) in [5, 5.41) is 9.22. The van der Waals surface area contributed by atoms with Gasteiger partial charge in [-0.1, -0.05) is 42.1 Å². The maximum absolute atomic E-state index is 12.0. The number of carbonyl (C=O) groups is 1. The van der Waals surface area contributed by atoms with Crippen LogP contribution >= 0.6 is 11.8 Å². The van der Waals surface area contributed by atoms with Crippen molar-refractivity contribution in [3.05, 3.63) is 60.4 Å². The zero-order chi connectivity index (χ0) is 17.9. The van der Waals surface area contributed by atoms with E-state index in [1.165, 1.54) is 11.8 Å². The number of hydrogen-bond acceptors (Lipinski definition) is 6. The fourth-order valence-corrected chi connectivity index (χ4v) is 4.08. The van der Waals surface area contributed by atoms with Crippen LogP contribution in [-0.2, 0) is 16.1 Å². The van der Waals surface area contributed by atoms with Crippen LogP contribution in [0.15, 0.2) is 60.0 Å². The van der Waals surface area contributed by atoms with Crippen LogP contribution in [0.5, 0.6) is 0 Å². The molecule has 1 aliphatic rings. The number of carbonyl (C=O) groups excluding carboxylic acids is 1. The lowest BCUT2D eigenvalue weighted by Gasteiger charge is -2.11. The van der Waals surface area contributed by atoms with E-state index in [4.69, 9.17) is 4.74 Å². The Labute approximate surface area is 155 Å². The second-order valence-electron chi connectivity index (χ2n) is 6.20. The standard InChI is InChI=1S/C19H18N4O2S/c1-13-11-16(18(24)25-13)26-19-22-21-17(15-7-9-20-10-8-15)23(19)12-14-5-3-2-4-6-14/h2-10,13,16H,11-12H2,1H3. The number of cyclic esters (lactones) is 1. The number of rotatable bonds is 5. The highest BCUT2D eigenvalue weighted by Gasteiger charge is 2.34. The molecular weight excluding hydrogens is 348 g/mol. The van der Waals surface area contributed by atoms with Gasteiger partial charge in [0, 0.05) is 24.4 Å². The maximum Gasteiger partial charge on any atom is 0.319 e. The number of hydrogen-bond donors (Lipinski definition) is 0. The molecule has 3 aromatic rings. The van der Waals surface area contributed by atoms with Crippen molar-refractivity contribution in [2.24, 2.45) is 0 Å². The van der Waals surface area contributed by atoms with Gasteiger partial charge in [0.15, 0.2) is 11.0 Å². The molecule has 0 N–H and O–H groups in total. The summed E-state index contributed by atoms with van der Waals surface area (Å²) in [6.45, 7) is 2.54. The maximum atomic E-state index is 12.0. The van der Waals surface area contributed by atoms with E-state index in [9.17, 15) is 4.79 Å². The molecule has 26 heavy (non-hydrogen) atoms. The number of esters is 1. The molecule has 132 valence electrons. The van der Waals surface area contributed by atoms with Crippen molar-refractivity contribution in [1.82, 2.24) is 19.7 Å². The van der Waals surface area contributed by atoms with E-state index in [2.05, 4.69) is 27.3 Å². The molecule has 2 unspecified atom stereocenters. The van der Waals surface area contributed by atoms with Gasteiger partial charge in [0.1, 0.15) is 11.4 Å². The Kier molecular flexibility index (Phi) is 4.71. The second-order valence-corrected chi connectivity index (χ2v) is 7.37. The summed E-state index contributed by atoms with van der Waals surface area (Å²) in [4.78, 5) is 16.1. The fourth-order valence-electron chi connectivity index (χ4n) is 2.94. The van der Waals surface area contributed by atoms with E-state index >= 15 is 0 Å². The highest BCUT2D eigenvalue weighted by molar-refractivity contribution is 8.00. The van der Waals surface area contributed by atoms with Crippen LogP contribution in [0, 0.1) is 0 Å². The van der Waals surface area contributed by atoms with Crippen molar-refractivity contribution in [3.63, 3.8) is 0 Å². The van der Waals surface area contributed by atoms with E-state index in [1.807, 2.05) is 41.8 Å². The molecule has 1 saturated heterocycles. The fraction of sp³-hybridized carbons (Fsp3) is 0.263. The van der Waals surface area contributed by atoms with E-state index in [-0.39, 0.29) is 17.3 Å². The van der Waals surface area contributed by atoms with Crippen LogP contribution in [0.3, 0.4) is 0 Å². The molecule has 4 rings (SSSR count). The van der Waals surface area contributed by atoms with Crippen LogP contribution in [0.2, 0.25) is 0 Å². The van der Waals surface area contributed by atoms with Gasteiger partial charge < -0.3 is 4.74 Å². The zero-order valence-electron chi connectivity index (χ0n) is 14.3. The molecule has 7 heteroatoms. The highest BCUT2D eigenvalue weighted by Crippen LogP contribution is 2.33. The van der Waals surface area contributed by atoms with Gasteiger partial charge in [-0.15, -0.1) is 10.2 Å². The molecule has 3 heterocycles. The Morgan fingerprint density at radius 1 is 1.15 bits per heavy atom. The van der Waals surface area contributed by atoms with Gasteiger partial charge in [0.05, 0.1) is 6.54 Å². The summed E-state index contributed by atoms with van der Waals surface area (Å²) >= 11 is 1.42. The molecule has 2 aromatic heterocycles. The largest absolute Gasteiger partial charge is 0.462 e. The lowest BCUT2D eigenvalue weighted by atomic mass is 10.2. The van der Waals surface area contributed by atoms with E-state index in [0.717, 1.165) is 22.1 Å². The van der Waals surface area contributed by atoms with Crippen LogP contribution < -0.4 is 0 Å². The Balaban J connectivity index is 1.69. The quantitative estimate of drug-likeness (QED) is 0.646. The van der Waals surface area contributed by atoms with Crippen molar-refractivity contribution < 1.29 is 9.53 Å². The van der Waals surface area contributed by atoms with E-state index in [0.29, 0.717) is 13.0 Å². The van der Waals surface area contributed by atoms with Gasteiger partial charge >= 0.3 is 5.97 Å². The molecule has 0 saturated carbocycles. The van der Waals surface area contributed by atoms with Gasteiger partial charge in [-0.2, -0.15) is 0 Å². The predicted molar refractivity (Wildman–Crippen MR) is 98.6 cm³/mol. The first-order chi connectivity index (χ1) is 12.7. The monoisotopic (exact) mass is 366 g/mol. The normalized spacial score (nSPS) is 19.5. The highest BCUT2D eigenvalue weighted by atomic mass is 32.2. The molecule has 1 aromatic carbocycles. The van der Waals surface area contributed by atoms with Crippen LogP contribution in [-0.4, -0.2) is 37.1 Å². The van der Waals surface area contributed by atoms with Crippen molar-refractivity contribution in [2.45, 2.75) is 36.4 Å². The molecule has 2 atom stereocenters. The second kappa shape index (κ2) is 7.29. The number of ether oxygens (including phenoxy) is 1. The van der Waals surface area contributed by atoms with Crippen LogP contribution in [0.25, 0.3) is 11.4 Å². The molecule has 0 amide bonds. The molecule has 1 aliphatic heterocycles. The van der Waals surface area contributed by atoms with Gasteiger partial charge in [0.2, 0.25) is 0 Å². The van der Waals surface area contributed by atoms with Gasteiger partial charge in [0.25, 0.3) is 0 Å². The molecule has 6 nitrogen and oxygen atoms in total. The van der Waals surface area contributed by atoms with Crippen molar-refractivity contribution in [1.29, 1.82) is 0 Å². The molecule has 1 fully saturated rings. The minimum absolute atomic E-state index is 0.0508. The smallest absolute Gasteiger partial charge is 0.319 e. The molecule has 0 radical (unpaired) electrons. The number of benzene rings is 1. The lowest BCUT2D eigenvalue weighted by molar-refractivity contribution is -0.140. The van der Waals surface area contributed by atoms with Crippen LogP contribution in [0.4, 0.5) is 0 Å². The third kappa shape index (κ3) is 3.48. The topological polar surface area (TPSA) is 69.9 Å². The SMILES string of the molecule is CC1CC(Sc2nnc(-c3ccncc3)n2Cc2ccccc2)C(=O)O1. The first-order valence-electron chi connectivity index (χ1n) is 8.45. The summed E-state index contributed by atoms with van der Waals surface area (Å²) < 4.78 is 7.32. The third-order valence-corrected chi connectivity index (χ3v) is 5.40. The van der Waals surface area contributed by atoms with Crippen molar-refractivity contribution in [2.75, 3.05) is 0 Å². The van der Waals surface area contributed by atoms with E-state index < -0.39 is 0 Å².